The minimum atomic E-state index is -0.0273. The topological polar surface area (TPSA) is 27.7 Å². The van der Waals surface area contributed by atoms with Gasteiger partial charge >= 0.3 is 0 Å². The van der Waals surface area contributed by atoms with E-state index in [9.17, 15) is 0 Å². The third-order valence-corrected chi connectivity index (χ3v) is 3.54. The molecule has 0 radical (unpaired) electrons. The van der Waals surface area contributed by atoms with Gasteiger partial charge in [-0.3, -0.25) is 0 Å². The zero-order valence-electron chi connectivity index (χ0n) is 13.1. The van der Waals surface area contributed by atoms with Crippen molar-refractivity contribution in [3.63, 3.8) is 0 Å². The summed E-state index contributed by atoms with van der Waals surface area (Å²) in [6, 6.07) is 0. The van der Waals surface area contributed by atoms with Gasteiger partial charge in [0.15, 0.2) is 19.9 Å². The number of unbranched alkanes of at least 4 members (excludes halogenated alkanes) is 6. The zero-order chi connectivity index (χ0) is 14.0. The van der Waals surface area contributed by atoms with Gasteiger partial charge in [-0.15, -0.1) is 0 Å². The molecule has 1 heterocycles. The van der Waals surface area contributed by atoms with Crippen molar-refractivity contribution in [3.05, 3.63) is 0 Å². The van der Waals surface area contributed by atoms with Gasteiger partial charge in [0.25, 0.3) is 0 Å². The molecule has 0 aliphatic carbocycles. The highest BCUT2D eigenvalue weighted by Crippen LogP contribution is 2.22. The summed E-state index contributed by atoms with van der Waals surface area (Å²) in [5.41, 5.74) is 0.504. The molecular formula is C16H32O3. The van der Waals surface area contributed by atoms with Crippen LogP contribution in [0, 0.1) is 5.41 Å². The maximum absolute atomic E-state index is 5.32. The van der Waals surface area contributed by atoms with Gasteiger partial charge in [-0.25, -0.2) is 0 Å². The molecule has 1 rings (SSSR count). The SMILES string of the molecule is CC(C)(C)CCCCCCCCCC1OCOCO1. The number of hydrogen-bond donors (Lipinski definition) is 0. The molecule has 1 aliphatic rings. The second kappa shape index (κ2) is 9.73. The third kappa shape index (κ3) is 10.3. The maximum atomic E-state index is 5.32. The molecule has 1 saturated heterocycles. The Labute approximate surface area is 119 Å². The highest BCUT2D eigenvalue weighted by atomic mass is 16.8. The molecule has 0 aromatic carbocycles. The van der Waals surface area contributed by atoms with Crippen molar-refractivity contribution in [2.75, 3.05) is 13.6 Å². The van der Waals surface area contributed by atoms with Crippen LogP contribution in [0.15, 0.2) is 0 Å². The normalized spacial score (nSPS) is 17.8. The molecule has 0 atom stereocenters. The Morgan fingerprint density at radius 3 is 1.89 bits per heavy atom. The summed E-state index contributed by atoms with van der Waals surface area (Å²) >= 11 is 0. The van der Waals surface area contributed by atoms with Crippen LogP contribution in [0.3, 0.4) is 0 Å². The fourth-order valence-electron chi connectivity index (χ4n) is 2.35. The lowest BCUT2D eigenvalue weighted by atomic mass is 9.89. The van der Waals surface area contributed by atoms with Crippen molar-refractivity contribution >= 4 is 0 Å². The standard InChI is InChI=1S/C16H32O3/c1-16(2,3)12-10-8-6-4-5-7-9-11-15-18-13-17-14-19-15/h15H,4-14H2,1-3H3. The van der Waals surface area contributed by atoms with Gasteiger partial charge in [-0.2, -0.15) is 0 Å². The maximum Gasteiger partial charge on any atom is 0.163 e. The van der Waals surface area contributed by atoms with Crippen molar-refractivity contribution in [1.82, 2.24) is 0 Å². The minimum absolute atomic E-state index is 0.0273. The Morgan fingerprint density at radius 2 is 1.32 bits per heavy atom. The van der Waals surface area contributed by atoms with E-state index in [0.29, 0.717) is 19.0 Å². The molecule has 114 valence electrons. The van der Waals surface area contributed by atoms with Crippen LogP contribution in [-0.4, -0.2) is 19.9 Å². The van der Waals surface area contributed by atoms with Gasteiger partial charge < -0.3 is 14.2 Å². The Bertz CT molecular complexity index is 205. The Morgan fingerprint density at radius 1 is 0.789 bits per heavy atom. The van der Waals surface area contributed by atoms with Crippen LogP contribution in [0.4, 0.5) is 0 Å². The molecule has 0 aromatic rings. The first-order valence-corrected chi connectivity index (χ1v) is 7.89. The Hall–Kier alpha value is -0.120. The summed E-state index contributed by atoms with van der Waals surface area (Å²) in [5, 5.41) is 0. The molecule has 0 amide bonds. The molecular weight excluding hydrogens is 240 g/mol. The average Bonchev–Trinajstić information content (AvgIpc) is 2.37. The minimum Gasteiger partial charge on any atom is -0.329 e. The molecule has 1 aliphatic heterocycles. The Kier molecular flexibility index (Phi) is 8.67. The first-order valence-electron chi connectivity index (χ1n) is 7.89. The molecule has 0 aromatic heterocycles. The molecule has 0 saturated carbocycles. The van der Waals surface area contributed by atoms with Crippen molar-refractivity contribution < 1.29 is 14.2 Å². The summed E-state index contributed by atoms with van der Waals surface area (Å²) < 4.78 is 15.6. The van der Waals surface area contributed by atoms with Crippen LogP contribution in [0.1, 0.15) is 78.6 Å². The van der Waals surface area contributed by atoms with Crippen molar-refractivity contribution in [2.45, 2.75) is 84.8 Å². The van der Waals surface area contributed by atoms with E-state index in [1.54, 1.807) is 0 Å². The van der Waals surface area contributed by atoms with E-state index in [0.717, 1.165) is 6.42 Å². The van der Waals surface area contributed by atoms with Gasteiger partial charge in [-0.05, 0) is 24.7 Å². The molecule has 0 spiro atoms. The fraction of sp³-hybridized carbons (Fsp3) is 1.00. The van der Waals surface area contributed by atoms with Gasteiger partial charge in [0.05, 0.1) is 0 Å². The molecule has 0 bridgehead atoms. The summed E-state index contributed by atoms with van der Waals surface area (Å²) in [4.78, 5) is 0. The third-order valence-electron chi connectivity index (χ3n) is 3.54. The smallest absolute Gasteiger partial charge is 0.163 e. The van der Waals surface area contributed by atoms with E-state index < -0.39 is 0 Å². The van der Waals surface area contributed by atoms with Crippen LogP contribution in [0.2, 0.25) is 0 Å². The summed E-state index contributed by atoms with van der Waals surface area (Å²) in [7, 11) is 0. The van der Waals surface area contributed by atoms with Crippen LogP contribution in [0.5, 0.6) is 0 Å². The van der Waals surface area contributed by atoms with Gasteiger partial charge in [0.2, 0.25) is 0 Å². The summed E-state index contributed by atoms with van der Waals surface area (Å²) in [6.45, 7) is 7.76. The molecule has 19 heavy (non-hydrogen) atoms. The summed E-state index contributed by atoms with van der Waals surface area (Å²) in [6.07, 6.45) is 11.7. The van der Waals surface area contributed by atoms with Crippen LogP contribution < -0.4 is 0 Å². The van der Waals surface area contributed by atoms with Crippen LogP contribution in [0.25, 0.3) is 0 Å². The molecule has 1 fully saturated rings. The lowest BCUT2D eigenvalue weighted by Crippen LogP contribution is -2.26. The average molecular weight is 272 g/mol. The highest BCUT2D eigenvalue weighted by Gasteiger charge is 2.13. The molecule has 0 unspecified atom stereocenters. The number of ether oxygens (including phenoxy) is 3. The molecule has 0 N–H and O–H groups in total. The lowest BCUT2D eigenvalue weighted by molar-refractivity contribution is -0.300. The fourth-order valence-corrected chi connectivity index (χ4v) is 2.35. The van der Waals surface area contributed by atoms with E-state index in [4.69, 9.17) is 14.2 Å². The second-order valence-electron chi connectivity index (χ2n) is 6.78. The van der Waals surface area contributed by atoms with E-state index in [-0.39, 0.29) is 6.29 Å². The van der Waals surface area contributed by atoms with E-state index in [1.807, 2.05) is 0 Å². The van der Waals surface area contributed by atoms with Crippen LogP contribution >= 0.6 is 0 Å². The van der Waals surface area contributed by atoms with Gasteiger partial charge in [0.1, 0.15) is 0 Å². The van der Waals surface area contributed by atoms with E-state index in [2.05, 4.69) is 20.8 Å². The molecule has 3 heteroatoms. The number of rotatable bonds is 9. The van der Waals surface area contributed by atoms with E-state index in [1.165, 1.54) is 51.4 Å². The quantitative estimate of drug-likeness (QED) is 0.562. The monoisotopic (exact) mass is 272 g/mol. The first-order chi connectivity index (χ1) is 9.08. The molecule has 3 nitrogen and oxygen atoms in total. The zero-order valence-corrected chi connectivity index (χ0v) is 13.1. The van der Waals surface area contributed by atoms with E-state index >= 15 is 0 Å². The summed E-state index contributed by atoms with van der Waals surface area (Å²) in [5.74, 6) is 0. The Balaban J connectivity index is 1.78. The second-order valence-corrected chi connectivity index (χ2v) is 6.78. The van der Waals surface area contributed by atoms with Gasteiger partial charge in [-0.1, -0.05) is 59.3 Å². The first kappa shape index (κ1) is 16.9. The number of hydrogen-bond acceptors (Lipinski definition) is 3. The van der Waals surface area contributed by atoms with Crippen molar-refractivity contribution in [2.24, 2.45) is 5.41 Å². The predicted molar refractivity (Wildman–Crippen MR) is 77.8 cm³/mol. The van der Waals surface area contributed by atoms with Crippen molar-refractivity contribution in [3.8, 4) is 0 Å². The van der Waals surface area contributed by atoms with Crippen LogP contribution in [-0.2, 0) is 14.2 Å². The van der Waals surface area contributed by atoms with Crippen molar-refractivity contribution in [1.29, 1.82) is 0 Å². The predicted octanol–water partition coefficient (Wildman–Crippen LogP) is 4.85. The lowest BCUT2D eigenvalue weighted by Gasteiger charge is -2.22. The van der Waals surface area contributed by atoms with Gasteiger partial charge in [0, 0.05) is 0 Å². The highest BCUT2D eigenvalue weighted by molar-refractivity contribution is 4.61. The largest absolute Gasteiger partial charge is 0.329 e.